The van der Waals surface area contributed by atoms with Crippen molar-refractivity contribution in [3.63, 3.8) is 0 Å². The summed E-state index contributed by atoms with van der Waals surface area (Å²) in [6.07, 6.45) is 1.96. The van der Waals surface area contributed by atoms with Crippen LogP contribution in [-0.4, -0.2) is 27.1 Å². The second-order valence-electron chi connectivity index (χ2n) is 6.40. The highest BCUT2D eigenvalue weighted by Crippen LogP contribution is 2.32. The number of hydrogen-bond acceptors (Lipinski definition) is 4. The average Bonchev–Trinajstić information content (AvgIpc) is 3.40. The molecular weight excluding hydrogens is 392 g/mol. The lowest BCUT2D eigenvalue weighted by Crippen LogP contribution is -2.28. The average molecular weight is 413 g/mol. The quantitative estimate of drug-likeness (QED) is 0.474. The molecule has 2 aromatic heterocycles. The number of ether oxygens (including phenoxy) is 1. The third-order valence-corrected chi connectivity index (χ3v) is 7.57. The molecule has 0 unspecified atom stereocenters. The molecule has 0 bridgehead atoms. The van der Waals surface area contributed by atoms with Gasteiger partial charge in [-0.3, -0.25) is 0 Å². The van der Waals surface area contributed by atoms with Gasteiger partial charge in [0.05, 0.1) is 7.11 Å². The highest BCUT2D eigenvalue weighted by atomic mass is 32.2. The van der Waals surface area contributed by atoms with E-state index in [1.54, 1.807) is 24.6 Å². The number of para-hydroxylation sites is 1. The summed E-state index contributed by atoms with van der Waals surface area (Å²) in [6.45, 7) is 0.258. The van der Waals surface area contributed by atoms with Crippen LogP contribution in [0.15, 0.2) is 76.4 Å². The molecule has 7 heteroatoms. The molecule has 0 aliphatic rings. The molecule has 2 heterocycles. The van der Waals surface area contributed by atoms with Crippen molar-refractivity contribution < 1.29 is 13.2 Å². The second kappa shape index (κ2) is 7.79. The van der Waals surface area contributed by atoms with Crippen molar-refractivity contribution >= 4 is 32.3 Å². The van der Waals surface area contributed by atoms with Crippen LogP contribution in [-0.2, 0) is 10.0 Å². The van der Waals surface area contributed by atoms with Gasteiger partial charge in [0.25, 0.3) is 0 Å². The molecule has 5 nitrogen and oxygen atoms in total. The van der Waals surface area contributed by atoms with Crippen molar-refractivity contribution in [2.75, 3.05) is 13.7 Å². The Kier molecular flexibility index (Phi) is 5.21. The topological polar surface area (TPSA) is 71.2 Å². The molecule has 4 aromatic rings. The maximum atomic E-state index is 12.6. The van der Waals surface area contributed by atoms with E-state index in [1.807, 2.05) is 54.7 Å². The van der Waals surface area contributed by atoms with Gasteiger partial charge >= 0.3 is 0 Å². The van der Waals surface area contributed by atoms with Crippen LogP contribution in [0.2, 0.25) is 0 Å². The zero-order valence-corrected chi connectivity index (χ0v) is 16.9. The molecule has 2 aromatic carbocycles. The number of aromatic nitrogens is 1. The molecule has 0 saturated carbocycles. The van der Waals surface area contributed by atoms with E-state index in [0.717, 1.165) is 27.8 Å². The molecule has 0 aliphatic heterocycles. The molecule has 0 spiro atoms. The number of hydrogen-bond donors (Lipinski definition) is 2. The van der Waals surface area contributed by atoms with E-state index < -0.39 is 10.0 Å². The monoisotopic (exact) mass is 412 g/mol. The standard InChI is InChI=1S/C21H20N2O3S2/c1-26-16-10-8-15(9-11-16)18(14-23-28(24,25)21-7-4-12-27-21)19-13-22-20-6-3-2-5-17(19)20/h2-13,18,22-23H,14H2,1H3/t18-/m1/s1. The summed E-state index contributed by atoms with van der Waals surface area (Å²) in [6, 6.07) is 19.1. The van der Waals surface area contributed by atoms with Crippen LogP contribution < -0.4 is 9.46 Å². The second-order valence-corrected chi connectivity index (χ2v) is 9.34. The number of methoxy groups -OCH3 is 1. The van der Waals surface area contributed by atoms with E-state index >= 15 is 0 Å². The zero-order valence-electron chi connectivity index (χ0n) is 15.3. The third kappa shape index (κ3) is 3.69. The van der Waals surface area contributed by atoms with Gasteiger partial charge < -0.3 is 9.72 Å². The van der Waals surface area contributed by atoms with E-state index in [4.69, 9.17) is 4.74 Å². The Labute approximate surface area is 168 Å². The number of benzene rings is 2. The van der Waals surface area contributed by atoms with Crippen molar-refractivity contribution in [2.45, 2.75) is 10.1 Å². The summed E-state index contributed by atoms with van der Waals surface area (Å²) < 4.78 is 33.6. The summed E-state index contributed by atoms with van der Waals surface area (Å²) in [7, 11) is -1.92. The van der Waals surface area contributed by atoms with Crippen LogP contribution in [0.4, 0.5) is 0 Å². The van der Waals surface area contributed by atoms with Gasteiger partial charge in [0.15, 0.2) is 0 Å². The van der Waals surface area contributed by atoms with E-state index in [1.165, 1.54) is 11.3 Å². The smallest absolute Gasteiger partial charge is 0.250 e. The van der Waals surface area contributed by atoms with Gasteiger partial charge in [0.2, 0.25) is 10.0 Å². The van der Waals surface area contributed by atoms with Gasteiger partial charge in [0, 0.05) is 29.6 Å². The SMILES string of the molecule is COc1ccc([C@@H](CNS(=O)(=O)c2cccs2)c2c[nH]c3ccccc23)cc1. The molecular formula is C21H20N2O3S2. The van der Waals surface area contributed by atoms with Gasteiger partial charge in [-0.15, -0.1) is 11.3 Å². The van der Waals surface area contributed by atoms with Crippen LogP contribution in [0.25, 0.3) is 10.9 Å². The summed E-state index contributed by atoms with van der Waals surface area (Å²) >= 11 is 1.21. The Morgan fingerprint density at radius 3 is 2.57 bits per heavy atom. The van der Waals surface area contributed by atoms with Crippen LogP contribution >= 0.6 is 11.3 Å². The fraction of sp³-hybridized carbons (Fsp3) is 0.143. The first-order valence-electron chi connectivity index (χ1n) is 8.81. The van der Waals surface area contributed by atoms with Crippen LogP contribution in [0.1, 0.15) is 17.0 Å². The van der Waals surface area contributed by atoms with Crippen molar-refractivity contribution in [1.29, 1.82) is 0 Å². The molecule has 1 atom stereocenters. The lowest BCUT2D eigenvalue weighted by atomic mass is 9.91. The van der Waals surface area contributed by atoms with Gasteiger partial charge in [-0.2, -0.15) is 0 Å². The van der Waals surface area contributed by atoms with Crippen LogP contribution in [0, 0.1) is 0 Å². The molecule has 0 fully saturated rings. The van der Waals surface area contributed by atoms with Gasteiger partial charge in [-0.25, -0.2) is 13.1 Å². The first-order chi connectivity index (χ1) is 13.6. The van der Waals surface area contributed by atoms with E-state index in [2.05, 4.69) is 9.71 Å². The van der Waals surface area contributed by atoms with Crippen molar-refractivity contribution in [3.8, 4) is 5.75 Å². The van der Waals surface area contributed by atoms with Gasteiger partial charge in [-0.05, 0) is 40.8 Å². The molecule has 0 radical (unpaired) electrons. The molecule has 2 N–H and O–H groups in total. The summed E-state index contributed by atoms with van der Waals surface area (Å²) in [5.41, 5.74) is 3.09. The Morgan fingerprint density at radius 1 is 1.07 bits per heavy atom. The summed E-state index contributed by atoms with van der Waals surface area (Å²) in [5, 5.41) is 2.84. The highest BCUT2D eigenvalue weighted by Gasteiger charge is 2.22. The first kappa shape index (κ1) is 18.7. The summed E-state index contributed by atoms with van der Waals surface area (Å²) in [4.78, 5) is 3.29. The molecule has 4 rings (SSSR count). The number of nitrogens with one attached hydrogen (secondary N) is 2. The Hall–Kier alpha value is -2.61. The fourth-order valence-corrected chi connectivity index (χ4v) is 5.39. The maximum absolute atomic E-state index is 12.6. The molecule has 0 aliphatic carbocycles. The minimum absolute atomic E-state index is 0.142. The van der Waals surface area contributed by atoms with Gasteiger partial charge in [0.1, 0.15) is 9.96 Å². The minimum atomic E-state index is -3.54. The summed E-state index contributed by atoms with van der Waals surface area (Å²) in [5.74, 6) is 0.623. The lowest BCUT2D eigenvalue weighted by molar-refractivity contribution is 0.414. The number of H-pyrrole nitrogens is 1. The Morgan fingerprint density at radius 2 is 1.86 bits per heavy atom. The Bertz CT molecular complexity index is 1160. The zero-order chi connectivity index (χ0) is 19.6. The Balaban J connectivity index is 1.71. The third-order valence-electron chi connectivity index (χ3n) is 4.75. The fourth-order valence-electron chi connectivity index (χ4n) is 3.31. The number of fused-ring (bicyclic) bond motifs is 1. The maximum Gasteiger partial charge on any atom is 0.250 e. The molecule has 144 valence electrons. The molecule has 0 saturated heterocycles. The normalized spacial score (nSPS) is 12.9. The minimum Gasteiger partial charge on any atom is -0.497 e. The number of thiophene rings is 1. The van der Waals surface area contributed by atoms with E-state index in [9.17, 15) is 8.42 Å². The number of aromatic amines is 1. The molecule has 28 heavy (non-hydrogen) atoms. The largest absolute Gasteiger partial charge is 0.497 e. The van der Waals surface area contributed by atoms with E-state index in [0.29, 0.717) is 4.21 Å². The van der Waals surface area contributed by atoms with E-state index in [-0.39, 0.29) is 12.5 Å². The predicted molar refractivity (Wildman–Crippen MR) is 113 cm³/mol. The van der Waals surface area contributed by atoms with Crippen LogP contribution in [0.3, 0.4) is 0 Å². The molecule has 0 amide bonds. The number of rotatable bonds is 7. The van der Waals surface area contributed by atoms with Crippen molar-refractivity contribution in [2.24, 2.45) is 0 Å². The lowest BCUT2D eigenvalue weighted by Gasteiger charge is -2.18. The number of sulfonamides is 1. The van der Waals surface area contributed by atoms with Gasteiger partial charge in [-0.1, -0.05) is 36.4 Å². The highest BCUT2D eigenvalue weighted by molar-refractivity contribution is 7.91. The van der Waals surface area contributed by atoms with Crippen LogP contribution in [0.5, 0.6) is 5.75 Å². The van der Waals surface area contributed by atoms with Crippen molar-refractivity contribution in [3.05, 3.63) is 83.4 Å². The van der Waals surface area contributed by atoms with Crippen molar-refractivity contribution in [1.82, 2.24) is 9.71 Å². The first-order valence-corrected chi connectivity index (χ1v) is 11.2. The predicted octanol–water partition coefficient (Wildman–Crippen LogP) is 4.35.